The lowest BCUT2D eigenvalue weighted by Gasteiger charge is -2.06. The van der Waals surface area contributed by atoms with Crippen molar-refractivity contribution in [1.82, 2.24) is 9.88 Å². The number of pyridine rings is 1. The molecule has 0 saturated carbocycles. The Hall–Kier alpha value is -2.56. The number of hydrogen-bond acceptors (Lipinski definition) is 2. The fourth-order valence-corrected chi connectivity index (χ4v) is 1.61. The molecule has 0 aliphatic heterocycles. The van der Waals surface area contributed by atoms with E-state index >= 15 is 0 Å². The third-order valence-corrected chi connectivity index (χ3v) is 2.46. The Morgan fingerprint density at radius 2 is 1.94 bits per heavy atom. The molecule has 0 radical (unpaired) electrons. The van der Waals surface area contributed by atoms with Crippen LogP contribution in [0.4, 0.5) is 4.79 Å². The number of carbonyl (C=O) groups is 1. The summed E-state index contributed by atoms with van der Waals surface area (Å²) in [5.74, 6) is 0. The average molecular weight is 244 g/mol. The molecule has 2 rings (SSSR count). The van der Waals surface area contributed by atoms with Gasteiger partial charge in [-0.15, -0.1) is 0 Å². The van der Waals surface area contributed by atoms with Gasteiger partial charge in [0, 0.05) is 24.5 Å². The Bertz CT molecular complexity index is 605. The van der Waals surface area contributed by atoms with Crippen molar-refractivity contribution in [3.8, 4) is 5.69 Å². The van der Waals surface area contributed by atoms with E-state index in [1.165, 1.54) is 10.6 Å². The maximum Gasteiger partial charge on any atom is 0.404 e. The summed E-state index contributed by atoms with van der Waals surface area (Å²) in [4.78, 5) is 22.2. The van der Waals surface area contributed by atoms with Gasteiger partial charge >= 0.3 is 6.09 Å². The number of amides is 1. The molecule has 0 bridgehead atoms. The third-order valence-electron chi connectivity index (χ3n) is 2.46. The molecule has 18 heavy (non-hydrogen) atoms. The van der Waals surface area contributed by atoms with Crippen LogP contribution in [0.15, 0.2) is 53.5 Å². The van der Waals surface area contributed by atoms with Gasteiger partial charge < -0.3 is 10.4 Å². The Morgan fingerprint density at radius 3 is 2.56 bits per heavy atom. The molecule has 2 N–H and O–H groups in total. The first-order valence-electron chi connectivity index (χ1n) is 5.40. The SMILES string of the molecule is O=C(O)NCc1ccn(-c2ccccc2)c(=O)c1. The van der Waals surface area contributed by atoms with Gasteiger partial charge in [-0.1, -0.05) is 18.2 Å². The topological polar surface area (TPSA) is 71.3 Å². The summed E-state index contributed by atoms with van der Waals surface area (Å²) in [6, 6.07) is 12.4. The standard InChI is InChI=1S/C13H12N2O3/c16-12-8-10(9-14-13(17)18)6-7-15(12)11-4-2-1-3-5-11/h1-8,14H,9H2,(H,17,18). The summed E-state index contributed by atoms with van der Waals surface area (Å²) < 4.78 is 1.50. The van der Waals surface area contributed by atoms with Crippen LogP contribution in [0.25, 0.3) is 5.69 Å². The van der Waals surface area contributed by atoms with E-state index < -0.39 is 6.09 Å². The van der Waals surface area contributed by atoms with Crippen molar-refractivity contribution in [2.24, 2.45) is 0 Å². The quantitative estimate of drug-likeness (QED) is 0.861. The van der Waals surface area contributed by atoms with E-state index in [4.69, 9.17) is 5.11 Å². The maximum atomic E-state index is 11.9. The second-order valence-electron chi connectivity index (χ2n) is 3.74. The first kappa shape index (κ1) is 11.9. The van der Waals surface area contributed by atoms with Crippen LogP contribution in [-0.4, -0.2) is 15.8 Å². The minimum absolute atomic E-state index is 0.125. The van der Waals surface area contributed by atoms with E-state index in [2.05, 4.69) is 5.32 Å². The number of aromatic nitrogens is 1. The molecule has 0 aliphatic carbocycles. The molecular weight excluding hydrogens is 232 g/mol. The first-order valence-corrected chi connectivity index (χ1v) is 5.40. The zero-order chi connectivity index (χ0) is 13.0. The van der Waals surface area contributed by atoms with Gasteiger partial charge in [0.05, 0.1) is 0 Å². The number of para-hydroxylation sites is 1. The zero-order valence-corrected chi connectivity index (χ0v) is 9.54. The van der Waals surface area contributed by atoms with Gasteiger partial charge in [-0.3, -0.25) is 9.36 Å². The Labute approximate surface area is 103 Å². The highest BCUT2D eigenvalue weighted by atomic mass is 16.4. The molecule has 0 aliphatic rings. The summed E-state index contributed by atoms with van der Waals surface area (Å²) in [6.07, 6.45) is 0.526. The fraction of sp³-hybridized carbons (Fsp3) is 0.0769. The van der Waals surface area contributed by atoms with Crippen LogP contribution in [-0.2, 0) is 6.54 Å². The lowest BCUT2D eigenvalue weighted by molar-refractivity contribution is 0.194. The Balaban J connectivity index is 2.26. The molecule has 0 spiro atoms. The van der Waals surface area contributed by atoms with Crippen molar-refractivity contribution in [2.75, 3.05) is 0 Å². The summed E-state index contributed by atoms with van der Waals surface area (Å²) >= 11 is 0. The normalized spacial score (nSPS) is 10.0. The molecule has 1 aromatic carbocycles. The average Bonchev–Trinajstić information content (AvgIpc) is 2.37. The van der Waals surface area contributed by atoms with Crippen molar-refractivity contribution in [1.29, 1.82) is 0 Å². The number of benzene rings is 1. The van der Waals surface area contributed by atoms with E-state index in [1.807, 2.05) is 30.3 Å². The van der Waals surface area contributed by atoms with Crippen LogP contribution in [0.2, 0.25) is 0 Å². The van der Waals surface area contributed by atoms with Crippen molar-refractivity contribution in [3.05, 3.63) is 64.6 Å². The summed E-state index contributed by atoms with van der Waals surface area (Å²) in [5.41, 5.74) is 1.22. The largest absolute Gasteiger partial charge is 0.465 e. The molecule has 0 saturated heterocycles. The Morgan fingerprint density at radius 1 is 1.22 bits per heavy atom. The van der Waals surface area contributed by atoms with Crippen molar-refractivity contribution in [3.63, 3.8) is 0 Å². The number of hydrogen-bond donors (Lipinski definition) is 2. The van der Waals surface area contributed by atoms with Gasteiger partial charge in [-0.25, -0.2) is 4.79 Å². The van der Waals surface area contributed by atoms with Crippen molar-refractivity contribution < 1.29 is 9.90 Å². The second kappa shape index (κ2) is 5.18. The van der Waals surface area contributed by atoms with Gasteiger partial charge in [-0.05, 0) is 23.8 Å². The highest BCUT2D eigenvalue weighted by molar-refractivity contribution is 5.64. The summed E-state index contributed by atoms with van der Waals surface area (Å²) in [7, 11) is 0. The van der Waals surface area contributed by atoms with Crippen LogP contribution in [0, 0.1) is 0 Å². The van der Waals surface area contributed by atoms with E-state index in [0.29, 0.717) is 5.56 Å². The highest BCUT2D eigenvalue weighted by Gasteiger charge is 2.01. The molecule has 0 unspecified atom stereocenters. The van der Waals surface area contributed by atoms with E-state index in [0.717, 1.165) is 5.69 Å². The Kier molecular flexibility index (Phi) is 3.43. The van der Waals surface area contributed by atoms with Crippen LogP contribution >= 0.6 is 0 Å². The van der Waals surface area contributed by atoms with E-state index in [9.17, 15) is 9.59 Å². The number of rotatable bonds is 3. The lowest BCUT2D eigenvalue weighted by Crippen LogP contribution is -2.23. The van der Waals surface area contributed by atoms with Crippen molar-refractivity contribution >= 4 is 6.09 Å². The molecule has 0 fully saturated rings. The lowest BCUT2D eigenvalue weighted by atomic mass is 10.2. The predicted molar refractivity (Wildman–Crippen MR) is 66.9 cm³/mol. The monoisotopic (exact) mass is 244 g/mol. The molecular formula is C13H12N2O3. The van der Waals surface area contributed by atoms with Crippen LogP contribution in [0.5, 0.6) is 0 Å². The summed E-state index contributed by atoms with van der Waals surface area (Å²) in [6.45, 7) is 0.125. The molecule has 5 heteroatoms. The van der Waals surface area contributed by atoms with Gasteiger partial charge in [0.15, 0.2) is 0 Å². The molecule has 5 nitrogen and oxygen atoms in total. The van der Waals surface area contributed by atoms with Crippen molar-refractivity contribution in [2.45, 2.75) is 6.54 Å². The molecule has 1 aromatic heterocycles. The molecule has 1 heterocycles. The fourth-order valence-electron chi connectivity index (χ4n) is 1.61. The maximum absolute atomic E-state index is 11.9. The molecule has 2 aromatic rings. The molecule has 1 amide bonds. The van der Waals surface area contributed by atoms with E-state index in [-0.39, 0.29) is 12.1 Å². The molecule has 0 atom stereocenters. The van der Waals surface area contributed by atoms with Gasteiger partial charge in [0.1, 0.15) is 0 Å². The zero-order valence-electron chi connectivity index (χ0n) is 9.54. The summed E-state index contributed by atoms with van der Waals surface area (Å²) in [5, 5.41) is 10.7. The molecule has 92 valence electrons. The minimum Gasteiger partial charge on any atom is -0.465 e. The van der Waals surface area contributed by atoms with Gasteiger partial charge in [-0.2, -0.15) is 0 Å². The number of nitrogens with one attached hydrogen (secondary N) is 1. The van der Waals surface area contributed by atoms with Gasteiger partial charge in [0.25, 0.3) is 5.56 Å². The third kappa shape index (κ3) is 2.76. The highest BCUT2D eigenvalue weighted by Crippen LogP contribution is 2.04. The predicted octanol–water partition coefficient (Wildman–Crippen LogP) is 1.61. The first-order chi connectivity index (χ1) is 8.66. The van der Waals surface area contributed by atoms with Gasteiger partial charge in [0.2, 0.25) is 0 Å². The van der Waals surface area contributed by atoms with E-state index in [1.54, 1.807) is 12.3 Å². The minimum atomic E-state index is -1.11. The second-order valence-corrected chi connectivity index (χ2v) is 3.74. The van der Waals surface area contributed by atoms with Crippen LogP contribution < -0.4 is 10.9 Å². The van der Waals surface area contributed by atoms with Crippen LogP contribution in [0.3, 0.4) is 0 Å². The number of carboxylic acid groups (broad SMARTS) is 1. The number of nitrogens with zero attached hydrogens (tertiary/aromatic N) is 1. The van der Waals surface area contributed by atoms with Crippen LogP contribution in [0.1, 0.15) is 5.56 Å². The smallest absolute Gasteiger partial charge is 0.404 e.